The third-order valence-electron chi connectivity index (χ3n) is 8.67. The minimum Gasteiger partial charge on any atom is -0.412 e. The molecule has 0 aromatic carbocycles. The molecule has 43 heavy (non-hydrogen) atoms. The van der Waals surface area contributed by atoms with E-state index in [9.17, 15) is 4.79 Å². The molecule has 0 fully saturated rings. The summed E-state index contributed by atoms with van der Waals surface area (Å²) in [5.41, 5.74) is 10.1. The van der Waals surface area contributed by atoms with Crippen molar-refractivity contribution in [3.63, 3.8) is 0 Å². The summed E-state index contributed by atoms with van der Waals surface area (Å²) in [5.74, 6) is 1.58. The highest BCUT2D eigenvalue weighted by Crippen LogP contribution is 2.30. The maximum Gasteiger partial charge on any atom is 0.219 e. The Morgan fingerprint density at radius 1 is 0.837 bits per heavy atom. The van der Waals surface area contributed by atoms with Crippen molar-refractivity contribution >= 4 is 28.8 Å². The van der Waals surface area contributed by atoms with Gasteiger partial charge in [-0.1, -0.05) is 122 Å². The lowest BCUT2D eigenvalue weighted by Gasteiger charge is -2.15. The minimum absolute atomic E-state index is 0.180. The number of nitrogens with zero attached hydrogens (tertiary/aromatic N) is 3. The Morgan fingerprint density at radius 3 is 2.12 bits per heavy atom. The summed E-state index contributed by atoms with van der Waals surface area (Å²) in [6.45, 7) is 5.73. The van der Waals surface area contributed by atoms with Crippen LogP contribution in [0.4, 0.5) is 5.82 Å². The number of hydrogen-bond donors (Lipinski definition) is 2. The molecule has 0 spiro atoms. The zero-order valence-corrected chi connectivity index (χ0v) is 27.6. The van der Waals surface area contributed by atoms with E-state index >= 15 is 0 Å². The van der Waals surface area contributed by atoms with Crippen LogP contribution in [0.3, 0.4) is 0 Å². The zero-order chi connectivity index (χ0) is 30.5. The number of carbonyl (C=O) groups excluding carboxylic acids is 1. The molecular weight excluding hydrogens is 534 g/mol. The summed E-state index contributed by atoms with van der Waals surface area (Å²) >= 11 is 0. The minimum atomic E-state index is 0.180. The number of carbonyl (C=O) groups is 1. The van der Waals surface area contributed by atoms with Crippen molar-refractivity contribution in [2.75, 3.05) is 18.9 Å². The Bertz CT molecular complexity index is 1090. The maximum atomic E-state index is 12.3. The van der Waals surface area contributed by atoms with Crippen LogP contribution in [0.25, 0.3) is 17.1 Å². The highest BCUT2D eigenvalue weighted by molar-refractivity contribution is 5.93. The van der Waals surface area contributed by atoms with E-state index in [2.05, 4.69) is 36.3 Å². The van der Waals surface area contributed by atoms with Crippen molar-refractivity contribution in [1.29, 1.82) is 0 Å². The van der Waals surface area contributed by atoms with Gasteiger partial charge in [-0.3, -0.25) is 4.79 Å². The molecule has 0 bridgehead atoms. The molecule has 0 radical (unpaired) electrons. The first-order valence-corrected chi connectivity index (χ1v) is 17.9. The number of nitrogens with two attached hydrogens (primary N) is 1. The first-order chi connectivity index (χ1) is 21.2. The molecule has 0 unspecified atom stereocenters. The average Bonchev–Trinajstić information content (AvgIpc) is 3.38. The van der Waals surface area contributed by atoms with Gasteiger partial charge in [0.15, 0.2) is 5.82 Å². The SMILES string of the molecule is CCCCCCCCCCCCCCCCCC(=O)NCCCCOn1c(CCCC)nc2c(N)nc3c(c21)C=CCC3. The first-order valence-electron chi connectivity index (χ1n) is 17.9. The van der Waals surface area contributed by atoms with Gasteiger partial charge in [-0.25, -0.2) is 9.97 Å². The van der Waals surface area contributed by atoms with Crippen molar-refractivity contribution < 1.29 is 9.63 Å². The van der Waals surface area contributed by atoms with Crippen LogP contribution in [0, 0.1) is 0 Å². The Balaban J connectivity index is 1.23. The number of pyridine rings is 1. The quantitative estimate of drug-likeness (QED) is 0.112. The average molecular weight is 596 g/mol. The summed E-state index contributed by atoms with van der Waals surface area (Å²) in [4.78, 5) is 28.0. The fraction of sp³-hybridized carbons (Fsp3) is 0.750. The number of aryl methyl sites for hydroxylation is 2. The van der Waals surface area contributed by atoms with Gasteiger partial charge in [-0.2, -0.15) is 4.73 Å². The van der Waals surface area contributed by atoms with Crippen molar-refractivity contribution in [3.8, 4) is 0 Å². The van der Waals surface area contributed by atoms with E-state index in [1.165, 1.54) is 83.5 Å². The Hall–Kier alpha value is -2.57. The summed E-state index contributed by atoms with van der Waals surface area (Å²) in [6.07, 6.45) is 31.7. The summed E-state index contributed by atoms with van der Waals surface area (Å²) < 4.78 is 1.91. The predicted molar refractivity (Wildman–Crippen MR) is 181 cm³/mol. The smallest absolute Gasteiger partial charge is 0.219 e. The van der Waals surface area contributed by atoms with Crippen LogP contribution < -0.4 is 15.9 Å². The second-order valence-electron chi connectivity index (χ2n) is 12.5. The van der Waals surface area contributed by atoms with Crippen LogP contribution in [-0.2, 0) is 17.6 Å². The molecule has 1 aliphatic rings. The van der Waals surface area contributed by atoms with Gasteiger partial charge in [-0.15, -0.1) is 0 Å². The molecule has 2 aromatic heterocycles. The van der Waals surface area contributed by atoms with Crippen molar-refractivity contribution in [2.45, 2.75) is 162 Å². The number of hydrogen-bond acceptors (Lipinski definition) is 5. The highest BCUT2D eigenvalue weighted by Gasteiger charge is 2.21. The molecule has 0 saturated carbocycles. The highest BCUT2D eigenvalue weighted by atomic mass is 16.7. The second kappa shape index (κ2) is 21.2. The number of aromatic nitrogens is 3. The van der Waals surface area contributed by atoms with Crippen LogP contribution in [0.1, 0.15) is 166 Å². The van der Waals surface area contributed by atoms with Crippen molar-refractivity contribution in [3.05, 3.63) is 23.2 Å². The number of allylic oxidation sites excluding steroid dienone is 1. The summed E-state index contributed by atoms with van der Waals surface area (Å²) in [7, 11) is 0. The van der Waals surface area contributed by atoms with Crippen molar-refractivity contribution in [2.24, 2.45) is 0 Å². The number of fused-ring (bicyclic) bond motifs is 3. The molecule has 7 nitrogen and oxygen atoms in total. The van der Waals surface area contributed by atoms with E-state index in [1.807, 2.05) is 4.73 Å². The monoisotopic (exact) mass is 595 g/mol. The molecule has 0 aliphatic heterocycles. The van der Waals surface area contributed by atoms with Gasteiger partial charge in [0.1, 0.15) is 23.5 Å². The lowest BCUT2D eigenvalue weighted by atomic mass is 10.0. The normalized spacial score (nSPS) is 12.6. The van der Waals surface area contributed by atoms with E-state index in [1.54, 1.807) is 0 Å². The molecule has 2 heterocycles. The van der Waals surface area contributed by atoms with Crippen molar-refractivity contribution in [1.82, 2.24) is 20.0 Å². The van der Waals surface area contributed by atoms with E-state index in [0.717, 1.165) is 85.9 Å². The van der Waals surface area contributed by atoms with Crippen LogP contribution >= 0.6 is 0 Å². The van der Waals surface area contributed by atoms with Gasteiger partial charge in [-0.05, 0) is 38.5 Å². The van der Waals surface area contributed by atoms with E-state index in [0.29, 0.717) is 25.4 Å². The van der Waals surface area contributed by atoms with Crippen LogP contribution in [0.2, 0.25) is 0 Å². The van der Waals surface area contributed by atoms with Gasteiger partial charge in [0.05, 0.1) is 5.69 Å². The lowest BCUT2D eigenvalue weighted by Crippen LogP contribution is -2.25. The first kappa shape index (κ1) is 34.9. The molecule has 0 saturated heterocycles. The maximum absolute atomic E-state index is 12.3. The van der Waals surface area contributed by atoms with E-state index in [4.69, 9.17) is 15.6 Å². The Labute approximate surface area is 261 Å². The molecule has 242 valence electrons. The zero-order valence-electron chi connectivity index (χ0n) is 27.6. The van der Waals surface area contributed by atoms with E-state index < -0.39 is 0 Å². The number of rotatable bonds is 25. The third-order valence-corrected chi connectivity index (χ3v) is 8.67. The molecule has 3 N–H and O–H groups in total. The van der Waals surface area contributed by atoms with Gasteiger partial charge in [0.2, 0.25) is 5.91 Å². The largest absolute Gasteiger partial charge is 0.412 e. The van der Waals surface area contributed by atoms with Crippen LogP contribution in [-0.4, -0.2) is 33.8 Å². The summed E-state index contributed by atoms with van der Waals surface area (Å²) in [6, 6.07) is 0. The number of amides is 1. The van der Waals surface area contributed by atoms with Gasteiger partial charge in [0.25, 0.3) is 0 Å². The van der Waals surface area contributed by atoms with Crippen LogP contribution in [0.5, 0.6) is 0 Å². The van der Waals surface area contributed by atoms with Crippen LogP contribution in [0.15, 0.2) is 6.08 Å². The Kier molecular flexibility index (Phi) is 17.2. The molecule has 1 amide bonds. The molecule has 1 aliphatic carbocycles. The number of nitrogens with one attached hydrogen (secondary N) is 1. The molecular formula is C36H61N5O2. The molecule has 2 aromatic rings. The molecule has 0 atom stereocenters. The fourth-order valence-corrected chi connectivity index (χ4v) is 6.04. The topological polar surface area (TPSA) is 95.1 Å². The fourth-order valence-electron chi connectivity index (χ4n) is 6.04. The second-order valence-corrected chi connectivity index (χ2v) is 12.5. The predicted octanol–water partition coefficient (Wildman–Crippen LogP) is 8.90. The van der Waals surface area contributed by atoms with Gasteiger partial charge in [0, 0.05) is 24.9 Å². The number of unbranched alkanes of at least 4 members (excludes halogenated alkanes) is 16. The number of nitrogen functional groups attached to an aromatic ring is 1. The van der Waals surface area contributed by atoms with Gasteiger partial charge < -0.3 is 15.9 Å². The summed E-state index contributed by atoms with van der Waals surface area (Å²) in [5, 5.41) is 3.10. The lowest BCUT2D eigenvalue weighted by molar-refractivity contribution is -0.121. The number of imidazole rings is 1. The number of anilines is 1. The standard InChI is InChI=1S/C36H61N5O2/c1-3-5-7-8-9-10-11-12-13-14-15-16-17-18-19-27-33(42)38-28-22-23-29-43-41-32(26-6-4-2)40-34-35(41)30-24-20-21-25-31(30)39-36(34)37/h20,24H,3-19,21-23,25-29H2,1-2H3,(H2,37,39)(H,38,42). The van der Waals surface area contributed by atoms with E-state index in [-0.39, 0.29) is 5.91 Å². The molecule has 7 heteroatoms. The van der Waals surface area contributed by atoms with Gasteiger partial charge >= 0.3 is 0 Å². The Morgan fingerprint density at radius 2 is 1.47 bits per heavy atom. The molecule has 3 rings (SSSR count). The third kappa shape index (κ3) is 12.5.